The van der Waals surface area contributed by atoms with Gasteiger partial charge < -0.3 is 9.47 Å². The largest absolute Gasteiger partial charge is 0.425 e. The minimum Gasteiger partial charge on any atom is -0.425 e. The van der Waals surface area contributed by atoms with Crippen molar-refractivity contribution in [3.63, 3.8) is 0 Å². The Hall–Kier alpha value is -3.14. The van der Waals surface area contributed by atoms with E-state index in [1.54, 1.807) is 12.2 Å². The summed E-state index contributed by atoms with van der Waals surface area (Å²) in [6, 6.07) is 18.7. The zero-order chi connectivity index (χ0) is 16.3. The van der Waals surface area contributed by atoms with Crippen LogP contribution in [0.25, 0.3) is 12.2 Å². The monoisotopic (exact) mass is 308 g/mol. The van der Waals surface area contributed by atoms with Crippen molar-refractivity contribution in [2.24, 2.45) is 0 Å². The van der Waals surface area contributed by atoms with Gasteiger partial charge >= 0.3 is 11.9 Å². The molecule has 4 nitrogen and oxygen atoms in total. The molecule has 0 unspecified atom stereocenters. The fourth-order valence-electron chi connectivity index (χ4n) is 1.70. The highest BCUT2D eigenvalue weighted by Crippen LogP contribution is 2.02. The Morgan fingerprint density at radius 3 is 1.48 bits per heavy atom. The molecule has 0 fully saturated rings. The van der Waals surface area contributed by atoms with Gasteiger partial charge in [0.2, 0.25) is 6.79 Å². The summed E-state index contributed by atoms with van der Waals surface area (Å²) in [4.78, 5) is 22.9. The Bertz CT molecular complexity index is 626. The number of carbonyl (C=O) groups is 2. The highest BCUT2D eigenvalue weighted by Gasteiger charge is 2.00. The van der Waals surface area contributed by atoms with Gasteiger partial charge in [0.1, 0.15) is 0 Å². The molecule has 0 saturated carbocycles. The fourth-order valence-corrected chi connectivity index (χ4v) is 1.70. The first-order valence-electron chi connectivity index (χ1n) is 7.04. The summed E-state index contributed by atoms with van der Waals surface area (Å²) in [6.45, 7) is -0.421. The second kappa shape index (κ2) is 9.00. The maximum absolute atomic E-state index is 11.5. The third kappa shape index (κ3) is 6.44. The average molecular weight is 308 g/mol. The maximum Gasteiger partial charge on any atom is 0.333 e. The van der Waals surface area contributed by atoms with Gasteiger partial charge in [-0.3, -0.25) is 0 Å². The first-order valence-corrected chi connectivity index (χ1v) is 7.04. The van der Waals surface area contributed by atoms with Crippen LogP contribution < -0.4 is 0 Å². The molecule has 0 spiro atoms. The predicted molar refractivity (Wildman–Crippen MR) is 88.0 cm³/mol. The molecule has 0 amide bonds. The fraction of sp³-hybridized carbons (Fsp3) is 0.0526. The van der Waals surface area contributed by atoms with Gasteiger partial charge in [0.05, 0.1) is 0 Å². The van der Waals surface area contributed by atoms with E-state index in [1.165, 1.54) is 12.2 Å². The van der Waals surface area contributed by atoms with Gasteiger partial charge in [-0.05, 0) is 23.3 Å². The normalized spacial score (nSPS) is 10.8. The van der Waals surface area contributed by atoms with Crippen LogP contribution in [0.1, 0.15) is 11.1 Å². The Morgan fingerprint density at radius 2 is 1.09 bits per heavy atom. The van der Waals surface area contributed by atoms with Crippen molar-refractivity contribution in [3.8, 4) is 0 Å². The van der Waals surface area contributed by atoms with Crippen molar-refractivity contribution in [2.75, 3.05) is 6.79 Å². The lowest BCUT2D eigenvalue weighted by Crippen LogP contribution is -2.09. The van der Waals surface area contributed by atoms with E-state index in [1.807, 2.05) is 60.7 Å². The van der Waals surface area contributed by atoms with Crippen molar-refractivity contribution in [1.29, 1.82) is 0 Å². The van der Waals surface area contributed by atoms with Gasteiger partial charge in [0, 0.05) is 12.2 Å². The average Bonchev–Trinajstić information content (AvgIpc) is 2.60. The molecular weight excluding hydrogens is 292 g/mol. The van der Waals surface area contributed by atoms with Crippen LogP contribution >= 0.6 is 0 Å². The van der Waals surface area contributed by atoms with Crippen LogP contribution in [0.4, 0.5) is 0 Å². The van der Waals surface area contributed by atoms with Crippen LogP contribution in [0, 0.1) is 0 Å². The van der Waals surface area contributed by atoms with Crippen LogP contribution in [0.5, 0.6) is 0 Å². The zero-order valence-electron chi connectivity index (χ0n) is 12.4. The predicted octanol–water partition coefficient (Wildman–Crippen LogP) is 3.46. The van der Waals surface area contributed by atoms with E-state index in [0.717, 1.165) is 11.1 Å². The lowest BCUT2D eigenvalue weighted by atomic mass is 10.2. The zero-order valence-corrected chi connectivity index (χ0v) is 12.4. The topological polar surface area (TPSA) is 52.6 Å². The van der Waals surface area contributed by atoms with Crippen LogP contribution in [0.3, 0.4) is 0 Å². The van der Waals surface area contributed by atoms with Gasteiger partial charge in [-0.25, -0.2) is 9.59 Å². The van der Waals surface area contributed by atoms with E-state index in [0.29, 0.717) is 0 Å². The summed E-state index contributed by atoms with van der Waals surface area (Å²) in [7, 11) is 0. The van der Waals surface area contributed by atoms with Gasteiger partial charge in [-0.1, -0.05) is 60.7 Å². The molecule has 23 heavy (non-hydrogen) atoms. The molecule has 0 bridgehead atoms. The molecule has 0 N–H and O–H groups in total. The second-order valence-corrected chi connectivity index (χ2v) is 4.53. The Labute approximate surface area is 134 Å². The molecule has 2 aromatic carbocycles. The molecule has 0 atom stereocenters. The summed E-state index contributed by atoms with van der Waals surface area (Å²) in [5.41, 5.74) is 1.76. The number of hydrogen-bond donors (Lipinski definition) is 0. The van der Waals surface area contributed by atoms with Crippen molar-refractivity contribution < 1.29 is 19.1 Å². The lowest BCUT2D eigenvalue weighted by molar-refractivity contribution is -0.160. The third-order valence-corrected chi connectivity index (χ3v) is 2.83. The highest BCUT2D eigenvalue weighted by atomic mass is 16.7. The van der Waals surface area contributed by atoms with E-state index in [4.69, 9.17) is 9.47 Å². The van der Waals surface area contributed by atoms with E-state index in [-0.39, 0.29) is 0 Å². The molecule has 4 heteroatoms. The van der Waals surface area contributed by atoms with Crippen LogP contribution in [0.15, 0.2) is 72.8 Å². The summed E-state index contributed by atoms with van der Waals surface area (Å²) in [6.07, 6.45) is 5.81. The van der Waals surface area contributed by atoms with Crippen LogP contribution in [-0.4, -0.2) is 18.7 Å². The van der Waals surface area contributed by atoms with E-state index >= 15 is 0 Å². The molecule has 0 aliphatic heterocycles. The Morgan fingerprint density at radius 1 is 0.696 bits per heavy atom. The standard InChI is InChI=1S/C19H16O4/c20-18(13-11-16-7-3-1-4-8-16)22-15-23-19(21)14-12-17-9-5-2-6-10-17/h1-14H,15H2/b13-11+,14-12+. The molecule has 116 valence electrons. The van der Waals surface area contributed by atoms with E-state index in [9.17, 15) is 9.59 Å². The first kappa shape index (κ1) is 16.2. The summed E-state index contributed by atoms with van der Waals surface area (Å²) < 4.78 is 9.57. The lowest BCUT2D eigenvalue weighted by Gasteiger charge is -2.01. The minimum absolute atomic E-state index is 0.421. The van der Waals surface area contributed by atoms with Crippen molar-refractivity contribution in [3.05, 3.63) is 83.9 Å². The van der Waals surface area contributed by atoms with Crippen LogP contribution in [0.2, 0.25) is 0 Å². The van der Waals surface area contributed by atoms with Crippen molar-refractivity contribution in [2.45, 2.75) is 0 Å². The number of hydrogen-bond acceptors (Lipinski definition) is 4. The number of esters is 2. The van der Waals surface area contributed by atoms with Gasteiger partial charge in [-0.2, -0.15) is 0 Å². The number of rotatable bonds is 6. The molecule has 0 heterocycles. The van der Waals surface area contributed by atoms with Gasteiger partial charge in [0.15, 0.2) is 0 Å². The number of benzene rings is 2. The number of carbonyl (C=O) groups excluding carboxylic acids is 2. The second-order valence-electron chi connectivity index (χ2n) is 4.53. The molecule has 0 aromatic heterocycles. The molecule has 0 aliphatic carbocycles. The van der Waals surface area contributed by atoms with E-state index in [2.05, 4.69) is 0 Å². The Kier molecular flexibility index (Phi) is 6.35. The molecule has 0 aliphatic rings. The number of ether oxygens (including phenoxy) is 2. The van der Waals surface area contributed by atoms with Crippen molar-refractivity contribution >= 4 is 24.1 Å². The summed E-state index contributed by atoms with van der Waals surface area (Å²) >= 11 is 0. The highest BCUT2D eigenvalue weighted by molar-refractivity contribution is 5.88. The smallest absolute Gasteiger partial charge is 0.333 e. The van der Waals surface area contributed by atoms with E-state index < -0.39 is 18.7 Å². The van der Waals surface area contributed by atoms with Crippen molar-refractivity contribution in [1.82, 2.24) is 0 Å². The van der Waals surface area contributed by atoms with Crippen LogP contribution in [-0.2, 0) is 19.1 Å². The SMILES string of the molecule is O=C(/C=C/c1ccccc1)OCOC(=O)/C=C/c1ccccc1. The molecular formula is C19H16O4. The molecule has 2 rings (SSSR count). The molecule has 2 aromatic rings. The minimum atomic E-state index is -0.575. The first-order chi connectivity index (χ1) is 11.2. The quantitative estimate of drug-likeness (QED) is 0.466. The third-order valence-electron chi connectivity index (χ3n) is 2.83. The summed E-state index contributed by atoms with van der Waals surface area (Å²) in [5, 5.41) is 0. The summed E-state index contributed by atoms with van der Waals surface area (Å²) in [5.74, 6) is -1.15. The van der Waals surface area contributed by atoms with Gasteiger partial charge in [0.25, 0.3) is 0 Å². The molecule has 0 saturated heterocycles. The maximum atomic E-state index is 11.5. The van der Waals surface area contributed by atoms with Gasteiger partial charge in [-0.15, -0.1) is 0 Å². The Balaban J connectivity index is 1.70. The molecule has 0 radical (unpaired) electrons.